The van der Waals surface area contributed by atoms with Gasteiger partial charge in [-0.05, 0) is 44.7 Å². The van der Waals surface area contributed by atoms with Gasteiger partial charge in [0.1, 0.15) is 18.1 Å². The zero-order valence-corrected chi connectivity index (χ0v) is 22.3. The number of rotatable bonds is 4. The highest BCUT2D eigenvalue weighted by Crippen LogP contribution is 2.40. The lowest BCUT2D eigenvalue weighted by atomic mass is 10.1. The van der Waals surface area contributed by atoms with Gasteiger partial charge in [-0.15, -0.1) is 0 Å². The van der Waals surface area contributed by atoms with Crippen LogP contribution in [0.3, 0.4) is 0 Å². The fourth-order valence-corrected chi connectivity index (χ4v) is 5.80. The highest BCUT2D eigenvalue weighted by atomic mass is 79.9. The summed E-state index contributed by atoms with van der Waals surface area (Å²) in [5, 5.41) is 8.89. The molecule has 2 aliphatic rings. The molecular weight excluding hydrogens is 600 g/mol. The number of furan rings is 2. The zero-order valence-electron chi connectivity index (χ0n) is 19.1. The minimum atomic E-state index is -0.539. The van der Waals surface area contributed by atoms with Crippen molar-refractivity contribution in [2.24, 2.45) is 0 Å². The van der Waals surface area contributed by atoms with E-state index in [9.17, 15) is 9.59 Å². The number of aryl methyl sites for hydroxylation is 3. The minimum Gasteiger partial charge on any atom is -0.463 e. The number of aromatic nitrogens is 4. The van der Waals surface area contributed by atoms with Gasteiger partial charge in [-0.3, -0.25) is 9.36 Å². The summed E-state index contributed by atoms with van der Waals surface area (Å²) in [7, 11) is 1.31. The van der Waals surface area contributed by atoms with E-state index in [0.717, 1.165) is 50.2 Å². The van der Waals surface area contributed by atoms with Crippen molar-refractivity contribution in [3.8, 4) is 22.5 Å². The van der Waals surface area contributed by atoms with E-state index in [4.69, 9.17) is 18.3 Å². The molecule has 36 heavy (non-hydrogen) atoms. The molecule has 0 N–H and O–H groups in total. The summed E-state index contributed by atoms with van der Waals surface area (Å²) in [6, 6.07) is 3.16. The Hall–Kier alpha value is -3.12. The van der Waals surface area contributed by atoms with Gasteiger partial charge in [-0.25, -0.2) is 9.59 Å². The van der Waals surface area contributed by atoms with Crippen molar-refractivity contribution in [3.63, 3.8) is 0 Å². The van der Waals surface area contributed by atoms with Gasteiger partial charge in [-0.1, -0.05) is 0 Å². The van der Waals surface area contributed by atoms with Gasteiger partial charge in [0.2, 0.25) is 11.5 Å². The fraction of sp³-hybridized carbons (Fsp3) is 0.333. The number of ether oxygens (including phenoxy) is 2. The molecule has 12 heteroatoms. The summed E-state index contributed by atoms with van der Waals surface area (Å²) in [6.07, 6.45) is 6.13. The smallest absolute Gasteiger partial charge is 0.374 e. The first-order chi connectivity index (χ1) is 17.4. The van der Waals surface area contributed by atoms with Crippen LogP contribution in [-0.4, -0.2) is 45.2 Å². The Morgan fingerprint density at radius 3 is 2.44 bits per heavy atom. The van der Waals surface area contributed by atoms with E-state index in [1.54, 1.807) is 29.2 Å². The molecular formula is C24H20Br2N4O6. The van der Waals surface area contributed by atoms with Crippen LogP contribution in [0.1, 0.15) is 51.5 Å². The van der Waals surface area contributed by atoms with Crippen molar-refractivity contribution in [1.82, 2.24) is 19.6 Å². The Bertz CT molecular complexity index is 1500. The minimum absolute atomic E-state index is 0.0983. The molecule has 0 amide bonds. The molecule has 0 aliphatic carbocycles. The lowest BCUT2D eigenvalue weighted by molar-refractivity contribution is 0.0395. The van der Waals surface area contributed by atoms with Crippen molar-refractivity contribution in [2.45, 2.75) is 38.3 Å². The maximum atomic E-state index is 13.0. The van der Waals surface area contributed by atoms with Gasteiger partial charge < -0.3 is 18.3 Å². The van der Waals surface area contributed by atoms with E-state index in [-0.39, 0.29) is 24.2 Å². The number of carbonyl (C=O) groups excluding carboxylic acids is 2. The highest BCUT2D eigenvalue weighted by molar-refractivity contribution is 9.11. The van der Waals surface area contributed by atoms with Gasteiger partial charge >= 0.3 is 11.9 Å². The SMILES string of the molecule is COC(=O)c1cc2c(o1)CCC(COC(=O)c1cc3c(o1)CCCn1ncc(Br)c1-3)n1ncc(Br)c1-2. The summed E-state index contributed by atoms with van der Waals surface area (Å²) in [6.45, 7) is 0.882. The summed E-state index contributed by atoms with van der Waals surface area (Å²) < 4.78 is 27.5. The van der Waals surface area contributed by atoms with Gasteiger partial charge in [-0.2, -0.15) is 10.2 Å². The van der Waals surface area contributed by atoms with E-state index >= 15 is 0 Å². The third kappa shape index (κ3) is 3.83. The summed E-state index contributed by atoms with van der Waals surface area (Å²) in [5.41, 5.74) is 3.26. The second-order valence-corrected chi connectivity index (χ2v) is 10.3. The van der Waals surface area contributed by atoms with Crippen molar-refractivity contribution >= 4 is 43.8 Å². The van der Waals surface area contributed by atoms with Crippen LogP contribution in [-0.2, 0) is 28.9 Å². The van der Waals surface area contributed by atoms with E-state index < -0.39 is 11.9 Å². The summed E-state index contributed by atoms with van der Waals surface area (Å²) in [4.78, 5) is 25.0. The third-order valence-electron chi connectivity index (χ3n) is 6.49. The molecule has 0 spiro atoms. The maximum Gasteiger partial charge on any atom is 0.374 e. The van der Waals surface area contributed by atoms with E-state index in [1.165, 1.54) is 7.11 Å². The van der Waals surface area contributed by atoms with Crippen molar-refractivity contribution in [2.75, 3.05) is 13.7 Å². The number of hydrogen-bond acceptors (Lipinski definition) is 8. The van der Waals surface area contributed by atoms with Crippen LogP contribution in [0.5, 0.6) is 0 Å². The molecule has 10 nitrogen and oxygen atoms in total. The van der Waals surface area contributed by atoms with E-state index in [1.807, 2.05) is 4.68 Å². The molecule has 6 heterocycles. The van der Waals surface area contributed by atoms with Crippen LogP contribution in [0.25, 0.3) is 22.5 Å². The van der Waals surface area contributed by atoms with E-state index in [2.05, 4.69) is 42.1 Å². The van der Waals surface area contributed by atoms with Crippen LogP contribution < -0.4 is 0 Å². The quantitative estimate of drug-likeness (QED) is 0.286. The first kappa shape index (κ1) is 23.3. The molecule has 0 bridgehead atoms. The topological polar surface area (TPSA) is 115 Å². The third-order valence-corrected chi connectivity index (χ3v) is 7.65. The lowest BCUT2D eigenvalue weighted by Gasteiger charge is -2.17. The number of nitrogens with zero attached hydrogens (tertiary/aromatic N) is 4. The van der Waals surface area contributed by atoms with Crippen LogP contribution in [0.15, 0.2) is 42.3 Å². The Morgan fingerprint density at radius 1 is 1.00 bits per heavy atom. The van der Waals surface area contributed by atoms with Gasteiger partial charge in [0.05, 0.1) is 45.9 Å². The Balaban J connectivity index is 1.23. The monoisotopic (exact) mass is 618 g/mol. The van der Waals surface area contributed by atoms with Gasteiger partial charge in [0, 0.05) is 42.6 Å². The molecule has 0 saturated carbocycles. The highest BCUT2D eigenvalue weighted by Gasteiger charge is 2.31. The first-order valence-electron chi connectivity index (χ1n) is 11.4. The molecule has 4 aromatic rings. The second kappa shape index (κ2) is 9.07. The maximum absolute atomic E-state index is 13.0. The number of esters is 2. The molecule has 0 radical (unpaired) electrons. The Labute approximate surface area is 221 Å². The zero-order chi connectivity index (χ0) is 25.0. The average molecular weight is 620 g/mol. The predicted molar refractivity (Wildman–Crippen MR) is 133 cm³/mol. The fourth-order valence-electron chi connectivity index (χ4n) is 4.81. The van der Waals surface area contributed by atoms with Crippen LogP contribution in [0.2, 0.25) is 0 Å². The molecule has 1 unspecified atom stereocenters. The number of halogens is 2. The van der Waals surface area contributed by atoms with Gasteiger partial charge in [0.15, 0.2) is 0 Å². The predicted octanol–water partition coefficient (Wildman–Crippen LogP) is 5.20. The summed E-state index contributed by atoms with van der Waals surface area (Å²) >= 11 is 7.09. The number of fused-ring (bicyclic) bond motifs is 6. The van der Waals surface area contributed by atoms with Crippen LogP contribution in [0, 0.1) is 0 Å². The molecule has 6 rings (SSSR count). The second-order valence-electron chi connectivity index (χ2n) is 8.63. The molecule has 0 saturated heterocycles. The van der Waals surface area contributed by atoms with E-state index in [0.29, 0.717) is 25.0 Å². The molecule has 0 aromatic carbocycles. The van der Waals surface area contributed by atoms with Crippen molar-refractivity contribution in [1.29, 1.82) is 0 Å². The normalized spacial score (nSPS) is 16.2. The van der Waals surface area contributed by atoms with Crippen molar-refractivity contribution < 1.29 is 27.9 Å². The number of methoxy groups -OCH3 is 1. The van der Waals surface area contributed by atoms with Crippen molar-refractivity contribution in [3.05, 3.63) is 56.5 Å². The molecule has 4 aromatic heterocycles. The Morgan fingerprint density at radius 2 is 1.67 bits per heavy atom. The molecule has 186 valence electrons. The molecule has 1 atom stereocenters. The van der Waals surface area contributed by atoms with Gasteiger partial charge in [0.25, 0.3) is 0 Å². The molecule has 2 aliphatic heterocycles. The summed E-state index contributed by atoms with van der Waals surface area (Å²) in [5.74, 6) is 0.628. The number of carbonyl (C=O) groups is 2. The Kier molecular flexibility index (Phi) is 5.87. The first-order valence-corrected chi connectivity index (χ1v) is 13.0. The largest absolute Gasteiger partial charge is 0.463 e. The average Bonchev–Trinajstić information content (AvgIpc) is 3.61. The number of hydrogen-bond donors (Lipinski definition) is 0. The molecule has 0 fully saturated rings. The lowest BCUT2D eigenvalue weighted by Crippen LogP contribution is -2.19. The van der Waals surface area contributed by atoms with Crippen LogP contribution >= 0.6 is 31.9 Å². The van der Waals surface area contributed by atoms with Crippen LogP contribution in [0.4, 0.5) is 0 Å². The standard InChI is InChI=1S/C24H20Br2N4O6/c1-33-23(31)19-8-14-18(36-19)5-4-12(30-22(14)16(26)10-28-30)11-34-24(32)20-7-13-17(35-20)3-2-6-29-21(13)15(25)9-27-29/h7-10,12H,2-6,11H2,1H3.